The maximum atomic E-state index is 11.7. The van der Waals surface area contributed by atoms with Crippen LogP contribution in [0.2, 0.25) is 0 Å². The van der Waals surface area contributed by atoms with Gasteiger partial charge >= 0.3 is 29.6 Å². The van der Waals surface area contributed by atoms with Crippen molar-refractivity contribution in [3.63, 3.8) is 0 Å². The minimum absolute atomic E-state index is 0. The van der Waals surface area contributed by atoms with Gasteiger partial charge in [0.15, 0.2) is 0 Å². The van der Waals surface area contributed by atoms with Crippen molar-refractivity contribution in [1.82, 2.24) is 4.57 Å². The number of amides is 1. The average Bonchev–Trinajstić information content (AvgIpc) is 2.20. The summed E-state index contributed by atoms with van der Waals surface area (Å²) in [5, 5.41) is 9.60. The molecule has 19 heavy (non-hydrogen) atoms. The number of carbonyl (C=O) groups excluding carboxylic acids is 1. The van der Waals surface area contributed by atoms with Gasteiger partial charge in [-0.3, -0.25) is 18.7 Å². The molecular weight excluding hydrogens is 287 g/mol. The van der Waals surface area contributed by atoms with E-state index in [1.165, 1.54) is 6.92 Å². The van der Waals surface area contributed by atoms with Crippen molar-refractivity contribution in [2.45, 2.75) is 12.7 Å². The zero-order valence-corrected chi connectivity index (χ0v) is 13.5. The smallest absolute Gasteiger partial charge is 1.00 e. The van der Waals surface area contributed by atoms with Crippen molar-refractivity contribution in [1.29, 1.82) is 0 Å². The molecular formula is C9H13N2NaO6S. The van der Waals surface area contributed by atoms with E-state index in [2.05, 4.69) is 0 Å². The van der Waals surface area contributed by atoms with Gasteiger partial charge in [-0.05, 0) is 12.5 Å². The molecule has 0 saturated heterocycles. The number of hydrogen-bond acceptors (Lipinski definition) is 5. The first-order chi connectivity index (χ1) is 8.06. The van der Waals surface area contributed by atoms with Crippen LogP contribution in [0, 0.1) is 6.92 Å². The fraction of sp³-hybridized carbons (Fsp3) is 0.333. The summed E-state index contributed by atoms with van der Waals surface area (Å²) < 4.78 is 31.1. The van der Waals surface area contributed by atoms with Gasteiger partial charge in [-0.2, -0.15) is 8.42 Å². The summed E-state index contributed by atoms with van der Waals surface area (Å²) in [6.07, 6.45) is 0. The molecule has 8 nitrogen and oxygen atoms in total. The number of hydrogen-bond donors (Lipinski definition) is 3. The quantitative estimate of drug-likeness (QED) is 0.384. The van der Waals surface area contributed by atoms with Crippen molar-refractivity contribution in [3.8, 4) is 5.88 Å². The number of nitrogens with two attached hydrogens (primary N) is 1. The summed E-state index contributed by atoms with van der Waals surface area (Å²) in [5.41, 5.74) is 3.48. The molecule has 1 heterocycles. The first-order valence-corrected chi connectivity index (χ1v) is 6.33. The predicted octanol–water partition coefficient (Wildman–Crippen LogP) is -4.00. The Hall–Kier alpha value is -0.870. The second kappa shape index (κ2) is 6.06. The van der Waals surface area contributed by atoms with Crippen LogP contribution in [-0.2, 0) is 22.9 Å². The molecule has 0 spiro atoms. The molecule has 1 aromatic heterocycles. The minimum Gasteiger partial charge on any atom is -1.00 e. The minimum atomic E-state index is -4.44. The Bertz CT molecular complexity index is 685. The molecule has 1 aromatic rings. The Morgan fingerprint density at radius 3 is 2.32 bits per heavy atom. The Morgan fingerprint density at radius 2 is 1.95 bits per heavy atom. The van der Waals surface area contributed by atoms with Crippen molar-refractivity contribution in [2.75, 3.05) is 0 Å². The van der Waals surface area contributed by atoms with Gasteiger partial charge in [-0.15, -0.1) is 0 Å². The normalized spacial score (nSPS) is 10.9. The zero-order chi connectivity index (χ0) is 14.2. The van der Waals surface area contributed by atoms with Crippen LogP contribution in [0.5, 0.6) is 5.88 Å². The number of rotatable bonds is 3. The molecule has 0 atom stereocenters. The summed E-state index contributed by atoms with van der Waals surface area (Å²) in [7, 11) is -3.29. The standard InChI is InChI=1S/C9H12N2O6S.Na.H/c1-4-5(3-18(15,16)17)8(13)11(2)9(14)6(4)7(10)12;;/h14H,3H2,1-2H3,(H2,10,12)(H,15,16,17);;/q;+1;-1. The fourth-order valence-corrected chi connectivity index (χ4v) is 2.30. The van der Waals surface area contributed by atoms with E-state index >= 15 is 0 Å². The number of primary amides is 1. The molecule has 0 aliphatic heterocycles. The molecule has 0 radical (unpaired) electrons. The Kier molecular flexibility index (Phi) is 5.78. The van der Waals surface area contributed by atoms with Crippen molar-refractivity contribution in [2.24, 2.45) is 12.8 Å². The van der Waals surface area contributed by atoms with Gasteiger partial charge < -0.3 is 12.3 Å². The molecule has 0 fully saturated rings. The first-order valence-electron chi connectivity index (χ1n) is 4.72. The maximum Gasteiger partial charge on any atom is 1.00 e. The Balaban J connectivity index is 0. The molecule has 0 unspecified atom stereocenters. The van der Waals surface area contributed by atoms with Crippen molar-refractivity contribution < 1.29 is 53.9 Å². The van der Waals surface area contributed by atoms with E-state index in [0.717, 1.165) is 7.05 Å². The van der Waals surface area contributed by atoms with Crippen LogP contribution in [0.25, 0.3) is 0 Å². The summed E-state index contributed by atoms with van der Waals surface area (Å²) in [6.45, 7) is 1.27. The predicted molar refractivity (Wildman–Crippen MR) is 63.0 cm³/mol. The molecule has 0 aromatic carbocycles. The molecule has 102 valence electrons. The molecule has 1 amide bonds. The van der Waals surface area contributed by atoms with Crippen LogP contribution in [0.1, 0.15) is 22.9 Å². The van der Waals surface area contributed by atoms with Crippen LogP contribution < -0.4 is 40.9 Å². The van der Waals surface area contributed by atoms with Gasteiger partial charge in [0.25, 0.3) is 21.6 Å². The zero-order valence-electron chi connectivity index (χ0n) is 11.7. The van der Waals surface area contributed by atoms with E-state index in [0.29, 0.717) is 4.57 Å². The van der Waals surface area contributed by atoms with E-state index in [1.807, 2.05) is 0 Å². The molecule has 0 bridgehead atoms. The third-order valence-electron chi connectivity index (χ3n) is 2.50. The molecule has 0 aliphatic rings. The van der Waals surface area contributed by atoms with E-state index < -0.39 is 33.2 Å². The third-order valence-corrected chi connectivity index (χ3v) is 3.16. The summed E-state index contributed by atoms with van der Waals surface area (Å²) >= 11 is 0. The van der Waals surface area contributed by atoms with Crippen LogP contribution in [-0.4, -0.2) is 28.6 Å². The van der Waals surface area contributed by atoms with Crippen LogP contribution in [0.4, 0.5) is 0 Å². The van der Waals surface area contributed by atoms with Crippen molar-refractivity contribution in [3.05, 3.63) is 27.0 Å². The Labute approximate surface area is 132 Å². The fourth-order valence-electron chi connectivity index (χ4n) is 1.59. The largest absolute Gasteiger partial charge is 1.00 e. The van der Waals surface area contributed by atoms with E-state index in [9.17, 15) is 23.1 Å². The van der Waals surface area contributed by atoms with Crippen LogP contribution >= 0.6 is 0 Å². The van der Waals surface area contributed by atoms with E-state index in [-0.39, 0.29) is 47.7 Å². The molecule has 0 aliphatic carbocycles. The van der Waals surface area contributed by atoms with Gasteiger partial charge in [0.2, 0.25) is 5.88 Å². The van der Waals surface area contributed by atoms with Crippen molar-refractivity contribution >= 4 is 16.0 Å². The molecule has 0 saturated carbocycles. The topological polar surface area (TPSA) is 140 Å². The van der Waals surface area contributed by atoms with Crippen LogP contribution in [0.3, 0.4) is 0 Å². The number of nitrogens with zero attached hydrogens (tertiary/aromatic N) is 1. The second-order valence-corrected chi connectivity index (χ2v) is 5.21. The molecule has 10 heteroatoms. The molecule has 1 rings (SSSR count). The van der Waals surface area contributed by atoms with Gasteiger partial charge in [0, 0.05) is 12.6 Å². The van der Waals surface area contributed by atoms with Crippen LogP contribution in [0.15, 0.2) is 4.79 Å². The number of aromatic hydroxyl groups is 1. The van der Waals surface area contributed by atoms with Gasteiger partial charge in [-0.1, -0.05) is 0 Å². The number of pyridine rings is 1. The van der Waals surface area contributed by atoms with E-state index in [4.69, 9.17) is 10.3 Å². The SMILES string of the molecule is Cc1c(C(N)=O)c(O)n(C)c(=O)c1CS(=O)(=O)O.[H-].[Na+]. The second-order valence-electron chi connectivity index (χ2n) is 3.76. The number of carbonyl (C=O) groups is 1. The summed E-state index contributed by atoms with van der Waals surface area (Å²) in [5.74, 6) is -2.60. The summed E-state index contributed by atoms with van der Waals surface area (Å²) in [4.78, 5) is 22.9. The number of aromatic nitrogens is 1. The van der Waals surface area contributed by atoms with Gasteiger partial charge in [0.05, 0.1) is 0 Å². The molecule has 4 N–H and O–H groups in total. The van der Waals surface area contributed by atoms with Gasteiger partial charge in [0.1, 0.15) is 11.3 Å². The van der Waals surface area contributed by atoms with E-state index in [1.54, 1.807) is 0 Å². The Morgan fingerprint density at radius 1 is 1.47 bits per heavy atom. The average molecular weight is 300 g/mol. The maximum absolute atomic E-state index is 11.7. The third kappa shape index (κ3) is 3.80. The van der Waals surface area contributed by atoms with Gasteiger partial charge in [-0.25, -0.2) is 0 Å². The summed E-state index contributed by atoms with van der Waals surface area (Å²) in [6, 6.07) is 0. The first kappa shape index (κ1) is 18.1. The monoisotopic (exact) mass is 300 g/mol.